The zero-order valence-electron chi connectivity index (χ0n) is 15.1. The minimum Gasteiger partial charge on any atom is -0.472 e. The maximum atomic E-state index is 13.0. The van der Waals surface area contributed by atoms with Crippen LogP contribution in [0.2, 0.25) is 0 Å². The number of aromatic nitrogens is 1. The molecule has 0 aliphatic carbocycles. The predicted molar refractivity (Wildman–Crippen MR) is 101 cm³/mol. The SMILES string of the molecule is CC1CC(CNC(=O)c2ccoc2)CN1C(=O)c1ccc2cccnc2c1. The summed E-state index contributed by atoms with van der Waals surface area (Å²) in [5.74, 6) is 0.0962. The Bertz CT molecular complexity index is 968. The number of carbonyl (C=O) groups excluding carboxylic acids is 2. The third kappa shape index (κ3) is 3.56. The van der Waals surface area contributed by atoms with E-state index in [1.807, 2.05) is 35.2 Å². The van der Waals surface area contributed by atoms with Gasteiger partial charge in [0.05, 0.1) is 17.3 Å². The van der Waals surface area contributed by atoms with Crippen molar-refractivity contribution in [2.75, 3.05) is 13.1 Å². The van der Waals surface area contributed by atoms with Crippen molar-refractivity contribution in [3.8, 4) is 0 Å². The first-order valence-electron chi connectivity index (χ1n) is 9.08. The van der Waals surface area contributed by atoms with E-state index in [4.69, 9.17) is 4.42 Å². The predicted octanol–water partition coefficient (Wildman–Crippen LogP) is 3.11. The van der Waals surface area contributed by atoms with Crippen molar-refractivity contribution >= 4 is 22.7 Å². The molecular formula is C21H21N3O3. The summed E-state index contributed by atoms with van der Waals surface area (Å²) >= 11 is 0. The van der Waals surface area contributed by atoms with Gasteiger partial charge in [-0.2, -0.15) is 0 Å². The Morgan fingerprint density at radius 1 is 1.26 bits per heavy atom. The lowest BCUT2D eigenvalue weighted by Gasteiger charge is -2.21. The van der Waals surface area contributed by atoms with E-state index >= 15 is 0 Å². The molecule has 0 spiro atoms. The summed E-state index contributed by atoms with van der Waals surface area (Å²) in [4.78, 5) is 31.2. The van der Waals surface area contributed by atoms with Gasteiger partial charge in [-0.3, -0.25) is 14.6 Å². The second-order valence-corrected chi connectivity index (χ2v) is 7.04. The third-order valence-corrected chi connectivity index (χ3v) is 5.11. The summed E-state index contributed by atoms with van der Waals surface area (Å²) in [6.45, 7) is 3.22. The fourth-order valence-electron chi connectivity index (χ4n) is 3.67. The Morgan fingerprint density at radius 3 is 2.96 bits per heavy atom. The average Bonchev–Trinajstić information content (AvgIpc) is 3.35. The van der Waals surface area contributed by atoms with Crippen molar-refractivity contribution in [2.45, 2.75) is 19.4 Å². The summed E-state index contributed by atoms with van der Waals surface area (Å²) in [5.41, 5.74) is 1.98. The van der Waals surface area contributed by atoms with Crippen LogP contribution in [0.5, 0.6) is 0 Å². The number of likely N-dealkylation sites (tertiary alicyclic amines) is 1. The maximum absolute atomic E-state index is 13.0. The van der Waals surface area contributed by atoms with Gasteiger partial charge < -0.3 is 14.6 Å². The molecule has 6 nitrogen and oxygen atoms in total. The van der Waals surface area contributed by atoms with Gasteiger partial charge in [0, 0.05) is 36.3 Å². The molecule has 2 aromatic heterocycles. The van der Waals surface area contributed by atoms with Crippen LogP contribution in [0.3, 0.4) is 0 Å². The molecule has 1 fully saturated rings. The van der Waals surface area contributed by atoms with Gasteiger partial charge in [0.2, 0.25) is 0 Å². The Morgan fingerprint density at radius 2 is 2.15 bits per heavy atom. The number of hydrogen-bond acceptors (Lipinski definition) is 4. The summed E-state index contributed by atoms with van der Waals surface area (Å²) in [7, 11) is 0. The van der Waals surface area contributed by atoms with Gasteiger partial charge in [0.25, 0.3) is 11.8 Å². The van der Waals surface area contributed by atoms with Crippen molar-refractivity contribution in [2.24, 2.45) is 5.92 Å². The van der Waals surface area contributed by atoms with Gasteiger partial charge in [-0.05, 0) is 43.5 Å². The Balaban J connectivity index is 1.41. The van der Waals surface area contributed by atoms with Crippen molar-refractivity contribution in [1.29, 1.82) is 0 Å². The number of rotatable bonds is 4. The monoisotopic (exact) mass is 363 g/mol. The first kappa shape index (κ1) is 17.3. The second kappa shape index (κ2) is 7.23. The van der Waals surface area contributed by atoms with Crippen LogP contribution in [-0.2, 0) is 0 Å². The number of pyridine rings is 1. The van der Waals surface area contributed by atoms with Crippen molar-refractivity contribution in [1.82, 2.24) is 15.2 Å². The largest absolute Gasteiger partial charge is 0.472 e. The first-order valence-corrected chi connectivity index (χ1v) is 9.08. The van der Waals surface area contributed by atoms with E-state index in [1.165, 1.54) is 12.5 Å². The fourth-order valence-corrected chi connectivity index (χ4v) is 3.67. The Hall–Kier alpha value is -3.15. The van der Waals surface area contributed by atoms with E-state index in [0.29, 0.717) is 24.2 Å². The van der Waals surface area contributed by atoms with Crippen molar-refractivity contribution in [3.63, 3.8) is 0 Å². The summed E-state index contributed by atoms with van der Waals surface area (Å²) in [5, 5.41) is 3.94. The lowest BCUT2D eigenvalue weighted by atomic mass is 10.1. The van der Waals surface area contributed by atoms with Gasteiger partial charge in [0.1, 0.15) is 6.26 Å². The molecule has 4 rings (SSSR count). The van der Waals surface area contributed by atoms with E-state index < -0.39 is 0 Å². The highest BCUT2D eigenvalue weighted by Crippen LogP contribution is 2.25. The first-order chi connectivity index (χ1) is 13.1. The summed E-state index contributed by atoms with van der Waals surface area (Å²) in [6.07, 6.45) is 5.50. The third-order valence-electron chi connectivity index (χ3n) is 5.11. The molecule has 1 saturated heterocycles. The van der Waals surface area contributed by atoms with E-state index in [-0.39, 0.29) is 23.8 Å². The molecule has 6 heteroatoms. The topological polar surface area (TPSA) is 75.4 Å². The highest BCUT2D eigenvalue weighted by molar-refractivity contribution is 5.98. The molecule has 3 heterocycles. The van der Waals surface area contributed by atoms with Gasteiger partial charge in [-0.1, -0.05) is 12.1 Å². The lowest BCUT2D eigenvalue weighted by molar-refractivity contribution is 0.0743. The smallest absolute Gasteiger partial charge is 0.254 e. The van der Waals surface area contributed by atoms with Crippen LogP contribution in [0.4, 0.5) is 0 Å². The van der Waals surface area contributed by atoms with Crippen LogP contribution in [-0.4, -0.2) is 40.8 Å². The maximum Gasteiger partial charge on any atom is 0.254 e. The Labute approximate surface area is 157 Å². The number of hydrogen-bond donors (Lipinski definition) is 1. The van der Waals surface area contributed by atoms with Gasteiger partial charge >= 0.3 is 0 Å². The van der Waals surface area contributed by atoms with E-state index in [9.17, 15) is 9.59 Å². The van der Waals surface area contributed by atoms with Crippen LogP contribution < -0.4 is 5.32 Å². The number of fused-ring (bicyclic) bond motifs is 1. The normalized spacial score (nSPS) is 19.4. The summed E-state index contributed by atoms with van der Waals surface area (Å²) in [6, 6.07) is 11.3. The van der Waals surface area contributed by atoms with Crippen LogP contribution in [0.1, 0.15) is 34.1 Å². The summed E-state index contributed by atoms with van der Waals surface area (Å²) < 4.78 is 4.93. The van der Waals surface area contributed by atoms with Gasteiger partial charge in [-0.25, -0.2) is 0 Å². The zero-order valence-corrected chi connectivity index (χ0v) is 15.1. The molecule has 1 aliphatic heterocycles. The molecule has 2 unspecified atom stereocenters. The zero-order chi connectivity index (χ0) is 18.8. The molecule has 0 saturated carbocycles. The van der Waals surface area contributed by atoms with Crippen LogP contribution in [0.25, 0.3) is 10.9 Å². The number of nitrogens with zero attached hydrogens (tertiary/aromatic N) is 2. The van der Waals surface area contributed by atoms with Gasteiger partial charge in [0.15, 0.2) is 0 Å². The molecule has 1 aromatic carbocycles. The number of nitrogens with one attached hydrogen (secondary N) is 1. The van der Waals surface area contributed by atoms with E-state index in [0.717, 1.165) is 17.3 Å². The highest BCUT2D eigenvalue weighted by atomic mass is 16.3. The van der Waals surface area contributed by atoms with Crippen LogP contribution >= 0.6 is 0 Å². The van der Waals surface area contributed by atoms with E-state index in [2.05, 4.69) is 17.2 Å². The highest BCUT2D eigenvalue weighted by Gasteiger charge is 2.33. The quantitative estimate of drug-likeness (QED) is 0.773. The number of amides is 2. The molecular weight excluding hydrogens is 342 g/mol. The minimum atomic E-state index is -0.151. The molecule has 0 bridgehead atoms. The molecule has 138 valence electrons. The molecule has 1 aliphatic rings. The van der Waals surface area contributed by atoms with E-state index in [1.54, 1.807) is 12.3 Å². The molecule has 0 radical (unpaired) electrons. The lowest BCUT2D eigenvalue weighted by Crippen LogP contribution is -2.35. The van der Waals surface area contributed by atoms with Gasteiger partial charge in [-0.15, -0.1) is 0 Å². The molecule has 2 amide bonds. The molecule has 2 atom stereocenters. The number of carbonyl (C=O) groups is 2. The molecule has 1 N–H and O–H groups in total. The second-order valence-electron chi connectivity index (χ2n) is 7.04. The average molecular weight is 363 g/mol. The van der Waals surface area contributed by atoms with Crippen LogP contribution in [0.15, 0.2) is 59.5 Å². The number of furan rings is 1. The Kier molecular flexibility index (Phi) is 4.62. The molecule has 27 heavy (non-hydrogen) atoms. The molecule has 3 aromatic rings. The minimum absolute atomic E-state index is 0.0127. The number of benzene rings is 1. The van der Waals surface area contributed by atoms with Crippen LogP contribution in [0, 0.1) is 5.92 Å². The fraction of sp³-hybridized carbons (Fsp3) is 0.286. The standard InChI is InChI=1S/C21H21N3O3/c1-14-9-15(11-23-20(25)18-6-8-27-13-18)12-24(14)21(26)17-5-4-16-3-2-7-22-19(16)10-17/h2-8,10,13-15H,9,11-12H2,1H3,(H,23,25). The van der Waals surface area contributed by atoms with Crippen molar-refractivity contribution < 1.29 is 14.0 Å². The van der Waals surface area contributed by atoms with Crippen molar-refractivity contribution in [3.05, 3.63) is 66.2 Å².